The fourth-order valence-electron chi connectivity index (χ4n) is 1.71. The van der Waals surface area contributed by atoms with Crippen LogP contribution >= 0.6 is 0 Å². The highest BCUT2D eigenvalue weighted by Crippen LogP contribution is 2.45. The molecule has 1 fully saturated rings. The minimum atomic E-state index is -1.13. The smallest absolute Gasteiger partial charge is 0.319 e. The van der Waals surface area contributed by atoms with E-state index in [9.17, 15) is 9.59 Å². The van der Waals surface area contributed by atoms with Crippen LogP contribution in [0.4, 0.5) is 0 Å². The molecule has 6 heteroatoms. The monoisotopic (exact) mass is 237 g/mol. The van der Waals surface area contributed by atoms with Gasteiger partial charge in [0.1, 0.15) is 5.41 Å². The van der Waals surface area contributed by atoms with Gasteiger partial charge in [-0.15, -0.1) is 0 Å². The lowest BCUT2D eigenvalue weighted by molar-refractivity contribution is -0.149. The number of carbonyl (C=O) groups is 2. The van der Waals surface area contributed by atoms with Gasteiger partial charge in [-0.05, 0) is 19.3 Å². The van der Waals surface area contributed by atoms with Gasteiger partial charge in [-0.2, -0.15) is 0 Å². The molecule has 1 aromatic rings. The molecule has 0 spiro atoms. The van der Waals surface area contributed by atoms with Crippen molar-refractivity contribution in [2.24, 2.45) is 5.41 Å². The summed E-state index contributed by atoms with van der Waals surface area (Å²) in [6.45, 7) is 1.26. The minimum absolute atomic E-state index is 0.351. The number of rotatable bonds is 6. The normalized spacial score (nSPS) is 16.5. The van der Waals surface area contributed by atoms with E-state index < -0.39 is 11.4 Å². The van der Waals surface area contributed by atoms with Gasteiger partial charge in [0.25, 0.3) is 0 Å². The number of hydrogen-bond acceptors (Lipinski definition) is 3. The van der Waals surface area contributed by atoms with Crippen molar-refractivity contribution in [3.63, 3.8) is 0 Å². The second-order valence-corrected chi connectivity index (χ2v) is 4.30. The Morgan fingerprint density at radius 3 is 2.76 bits per heavy atom. The van der Waals surface area contributed by atoms with Crippen LogP contribution in [0, 0.1) is 5.41 Å². The first-order chi connectivity index (χ1) is 8.15. The average molecular weight is 237 g/mol. The SMILES string of the molecule is O=C(O)C1(C(=O)NCCCn2ccnc2)CC1. The van der Waals surface area contributed by atoms with Crippen LogP contribution in [-0.4, -0.2) is 33.1 Å². The first-order valence-electron chi connectivity index (χ1n) is 5.62. The molecule has 17 heavy (non-hydrogen) atoms. The number of hydrogen-bond donors (Lipinski definition) is 2. The molecule has 1 aliphatic carbocycles. The summed E-state index contributed by atoms with van der Waals surface area (Å²) in [6.07, 6.45) is 6.92. The van der Waals surface area contributed by atoms with E-state index in [1.807, 2.05) is 10.8 Å². The molecule has 0 aromatic carbocycles. The average Bonchev–Trinajstić information content (AvgIpc) is 2.97. The summed E-state index contributed by atoms with van der Waals surface area (Å²) in [7, 11) is 0. The lowest BCUT2D eigenvalue weighted by Crippen LogP contribution is -2.37. The highest BCUT2D eigenvalue weighted by Gasteiger charge is 2.56. The highest BCUT2D eigenvalue weighted by molar-refractivity contribution is 6.04. The number of aromatic nitrogens is 2. The van der Waals surface area contributed by atoms with Gasteiger partial charge >= 0.3 is 5.97 Å². The maximum Gasteiger partial charge on any atom is 0.319 e. The molecule has 2 rings (SSSR count). The Kier molecular flexibility index (Phi) is 3.12. The standard InChI is InChI=1S/C11H15N3O3/c15-9(11(2-3-11)10(16)17)13-4-1-6-14-7-5-12-8-14/h5,7-8H,1-4,6H2,(H,13,15)(H,16,17). The van der Waals surface area contributed by atoms with E-state index in [1.54, 1.807) is 12.5 Å². The number of aliphatic carboxylic acids is 1. The third kappa shape index (κ3) is 2.46. The van der Waals surface area contributed by atoms with E-state index in [1.165, 1.54) is 0 Å². The Hall–Kier alpha value is -1.85. The molecule has 1 aromatic heterocycles. The maximum absolute atomic E-state index is 11.6. The lowest BCUT2D eigenvalue weighted by atomic mass is 10.1. The molecule has 2 N–H and O–H groups in total. The van der Waals surface area contributed by atoms with Crippen molar-refractivity contribution in [2.75, 3.05) is 6.54 Å². The van der Waals surface area contributed by atoms with E-state index >= 15 is 0 Å². The van der Waals surface area contributed by atoms with Gasteiger partial charge in [0.15, 0.2) is 0 Å². The number of aryl methyl sites for hydroxylation is 1. The molecule has 1 aliphatic rings. The summed E-state index contributed by atoms with van der Waals surface area (Å²) >= 11 is 0. The Labute approximate surface area is 98.7 Å². The molecular formula is C11H15N3O3. The van der Waals surface area contributed by atoms with Gasteiger partial charge in [0, 0.05) is 25.5 Å². The molecule has 6 nitrogen and oxygen atoms in total. The van der Waals surface area contributed by atoms with Gasteiger partial charge in [-0.25, -0.2) is 4.98 Å². The lowest BCUT2D eigenvalue weighted by Gasteiger charge is -2.10. The zero-order valence-corrected chi connectivity index (χ0v) is 9.43. The van der Waals surface area contributed by atoms with Crippen LogP contribution in [-0.2, 0) is 16.1 Å². The minimum Gasteiger partial charge on any atom is -0.480 e. The van der Waals surface area contributed by atoms with Crippen molar-refractivity contribution >= 4 is 11.9 Å². The van der Waals surface area contributed by atoms with Crippen molar-refractivity contribution in [3.8, 4) is 0 Å². The first-order valence-corrected chi connectivity index (χ1v) is 5.62. The van der Waals surface area contributed by atoms with Gasteiger partial charge in [-0.3, -0.25) is 9.59 Å². The molecule has 1 amide bonds. The van der Waals surface area contributed by atoms with E-state index in [-0.39, 0.29) is 5.91 Å². The predicted molar refractivity (Wildman–Crippen MR) is 59.2 cm³/mol. The fourth-order valence-corrected chi connectivity index (χ4v) is 1.71. The summed E-state index contributed by atoms with van der Waals surface area (Å²) in [5, 5.41) is 11.6. The second-order valence-electron chi connectivity index (χ2n) is 4.30. The summed E-state index contributed by atoms with van der Waals surface area (Å²) in [5.74, 6) is -1.36. The Bertz CT molecular complexity index is 410. The van der Waals surface area contributed by atoms with E-state index in [0.29, 0.717) is 19.4 Å². The number of carboxylic acids is 1. The van der Waals surface area contributed by atoms with Crippen LogP contribution in [0.3, 0.4) is 0 Å². The van der Waals surface area contributed by atoms with Gasteiger partial charge < -0.3 is 15.0 Å². The van der Waals surface area contributed by atoms with E-state index in [4.69, 9.17) is 5.11 Å². The molecule has 92 valence electrons. The molecule has 0 aliphatic heterocycles. The number of imidazole rings is 1. The van der Waals surface area contributed by atoms with Crippen LogP contribution in [0.15, 0.2) is 18.7 Å². The van der Waals surface area contributed by atoms with Crippen molar-refractivity contribution in [2.45, 2.75) is 25.8 Å². The quantitative estimate of drug-likeness (QED) is 0.549. The summed E-state index contributed by atoms with van der Waals surface area (Å²) < 4.78 is 1.91. The number of nitrogens with one attached hydrogen (secondary N) is 1. The topological polar surface area (TPSA) is 84.2 Å². The Morgan fingerprint density at radius 1 is 1.47 bits per heavy atom. The highest BCUT2D eigenvalue weighted by atomic mass is 16.4. The fraction of sp³-hybridized carbons (Fsp3) is 0.545. The molecule has 0 saturated heterocycles. The molecular weight excluding hydrogens is 222 g/mol. The van der Waals surface area contributed by atoms with Crippen LogP contribution < -0.4 is 5.32 Å². The van der Waals surface area contributed by atoms with Crippen LogP contribution in [0.5, 0.6) is 0 Å². The molecule has 0 radical (unpaired) electrons. The van der Waals surface area contributed by atoms with E-state index in [2.05, 4.69) is 10.3 Å². The van der Waals surface area contributed by atoms with Crippen LogP contribution in [0.2, 0.25) is 0 Å². The Morgan fingerprint density at radius 2 is 2.24 bits per heavy atom. The van der Waals surface area contributed by atoms with Crippen molar-refractivity contribution < 1.29 is 14.7 Å². The number of carbonyl (C=O) groups excluding carboxylic acids is 1. The van der Waals surface area contributed by atoms with Crippen LogP contribution in [0.1, 0.15) is 19.3 Å². The van der Waals surface area contributed by atoms with Gasteiger partial charge in [-0.1, -0.05) is 0 Å². The van der Waals surface area contributed by atoms with Gasteiger partial charge in [0.05, 0.1) is 6.33 Å². The molecule has 0 unspecified atom stereocenters. The van der Waals surface area contributed by atoms with Crippen molar-refractivity contribution in [1.29, 1.82) is 0 Å². The Balaban J connectivity index is 1.69. The van der Waals surface area contributed by atoms with Crippen molar-refractivity contribution in [3.05, 3.63) is 18.7 Å². The zero-order chi connectivity index (χ0) is 12.3. The summed E-state index contributed by atoms with van der Waals surface area (Å²) in [5.41, 5.74) is -1.13. The third-order valence-corrected chi connectivity index (χ3v) is 3.03. The molecule has 0 atom stereocenters. The summed E-state index contributed by atoms with van der Waals surface area (Å²) in [6, 6.07) is 0. The molecule has 1 heterocycles. The van der Waals surface area contributed by atoms with E-state index in [0.717, 1.165) is 13.0 Å². The van der Waals surface area contributed by atoms with Crippen LogP contribution in [0.25, 0.3) is 0 Å². The van der Waals surface area contributed by atoms with Gasteiger partial charge in [0.2, 0.25) is 5.91 Å². The number of nitrogens with zero attached hydrogens (tertiary/aromatic N) is 2. The predicted octanol–water partition coefficient (Wildman–Crippen LogP) is 0.254. The third-order valence-electron chi connectivity index (χ3n) is 3.03. The molecule has 1 saturated carbocycles. The first kappa shape index (κ1) is 11.6. The summed E-state index contributed by atoms with van der Waals surface area (Å²) in [4.78, 5) is 26.4. The number of amides is 1. The maximum atomic E-state index is 11.6. The number of carboxylic acid groups (broad SMARTS) is 1. The second kappa shape index (κ2) is 4.57. The zero-order valence-electron chi connectivity index (χ0n) is 9.43. The van der Waals surface area contributed by atoms with Crippen molar-refractivity contribution in [1.82, 2.24) is 14.9 Å². The molecule has 0 bridgehead atoms. The largest absolute Gasteiger partial charge is 0.480 e.